The molecule has 0 aliphatic rings. The summed E-state index contributed by atoms with van der Waals surface area (Å²) in [4.78, 5) is 4.55. The fourth-order valence-electron chi connectivity index (χ4n) is 1.94. The molecule has 0 fully saturated rings. The fourth-order valence-corrected chi connectivity index (χ4v) is 2.30. The second-order valence-corrected chi connectivity index (χ2v) is 5.76. The van der Waals surface area contributed by atoms with Crippen LogP contribution in [-0.4, -0.2) is 4.98 Å². The average Bonchev–Trinajstić information content (AvgIpc) is 2.41. The van der Waals surface area contributed by atoms with Crippen LogP contribution in [0, 0.1) is 3.57 Å². The minimum atomic E-state index is 1.06. The first-order valence-corrected chi connectivity index (χ1v) is 7.58. The topological polar surface area (TPSA) is 12.9 Å². The van der Waals surface area contributed by atoms with Gasteiger partial charge in [0, 0.05) is 15.3 Å². The summed E-state index contributed by atoms with van der Waals surface area (Å²) < 4.78 is 1.26. The molecule has 18 heavy (non-hydrogen) atoms. The molecule has 2 aromatic rings. The highest BCUT2D eigenvalue weighted by atomic mass is 127. The first kappa shape index (κ1) is 13.5. The summed E-state index contributed by atoms with van der Waals surface area (Å²) in [5.74, 6) is 0. The molecule has 1 nitrogen and oxygen atoms in total. The van der Waals surface area contributed by atoms with Gasteiger partial charge in [-0.1, -0.05) is 38.0 Å². The summed E-state index contributed by atoms with van der Waals surface area (Å²) in [5.41, 5.74) is 3.60. The zero-order chi connectivity index (χ0) is 12.8. The summed E-state index contributed by atoms with van der Waals surface area (Å²) >= 11 is 2.32. The molecule has 1 heterocycles. The van der Waals surface area contributed by atoms with E-state index >= 15 is 0 Å². The highest BCUT2D eigenvalue weighted by molar-refractivity contribution is 14.1. The van der Waals surface area contributed by atoms with Crippen molar-refractivity contribution in [2.75, 3.05) is 0 Å². The maximum Gasteiger partial charge on any atom is 0.0702 e. The lowest BCUT2D eigenvalue weighted by atomic mass is 10.1. The predicted molar refractivity (Wildman–Crippen MR) is 85.6 cm³/mol. The van der Waals surface area contributed by atoms with E-state index in [1.54, 1.807) is 0 Å². The Morgan fingerprint density at radius 3 is 2.39 bits per heavy atom. The maximum absolute atomic E-state index is 4.55. The number of hydrogen-bond donors (Lipinski definition) is 0. The fraction of sp³-hybridized carbons (Fsp3) is 0.312. The molecule has 0 atom stereocenters. The molecule has 0 amide bonds. The van der Waals surface area contributed by atoms with Gasteiger partial charge in [0.1, 0.15) is 0 Å². The summed E-state index contributed by atoms with van der Waals surface area (Å²) in [6.45, 7) is 2.23. The third kappa shape index (κ3) is 3.80. The van der Waals surface area contributed by atoms with Crippen molar-refractivity contribution in [3.8, 4) is 11.3 Å². The van der Waals surface area contributed by atoms with Gasteiger partial charge in [-0.15, -0.1) is 0 Å². The van der Waals surface area contributed by atoms with Gasteiger partial charge in [-0.05, 0) is 59.2 Å². The number of benzene rings is 1. The van der Waals surface area contributed by atoms with Gasteiger partial charge in [0.15, 0.2) is 0 Å². The Morgan fingerprint density at radius 1 is 1.00 bits per heavy atom. The Labute approximate surface area is 123 Å². The van der Waals surface area contributed by atoms with Crippen molar-refractivity contribution in [3.05, 3.63) is 51.7 Å². The van der Waals surface area contributed by atoms with E-state index in [-0.39, 0.29) is 0 Å². The molecule has 94 valence electrons. The third-order valence-electron chi connectivity index (χ3n) is 3.03. The van der Waals surface area contributed by atoms with Crippen molar-refractivity contribution in [3.63, 3.8) is 0 Å². The van der Waals surface area contributed by atoms with E-state index in [4.69, 9.17) is 0 Å². The van der Waals surface area contributed by atoms with Crippen LogP contribution in [0.2, 0.25) is 0 Å². The number of hydrogen-bond acceptors (Lipinski definition) is 1. The third-order valence-corrected chi connectivity index (χ3v) is 3.75. The van der Waals surface area contributed by atoms with Crippen LogP contribution in [0.4, 0.5) is 0 Å². The normalized spacial score (nSPS) is 10.6. The van der Waals surface area contributed by atoms with Crippen molar-refractivity contribution >= 4 is 22.6 Å². The SMILES string of the molecule is CCCCCc1ccc(-c2ccc(I)cc2)nc1. The van der Waals surface area contributed by atoms with Crippen molar-refractivity contribution in [1.82, 2.24) is 4.98 Å². The number of unbranched alkanes of at least 4 members (excludes halogenated alkanes) is 2. The molecule has 0 saturated carbocycles. The molecule has 0 spiro atoms. The monoisotopic (exact) mass is 351 g/mol. The summed E-state index contributed by atoms with van der Waals surface area (Å²) in [5, 5.41) is 0. The van der Waals surface area contributed by atoms with Gasteiger partial charge in [0.25, 0.3) is 0 Å². The van der Waals surface area contributed by atoms with E-state index in [0.29, 0.717) is 0 Å². The minimum Gasteiger partial charge on any atom is -0.256 e. The van der Waals surface area contributed by atoms with Crippen LogP contribution in [0.1, 0.15) is 31.7 Å². The smallest absolute Gasteiger partial charge is 0.0702 e. The van der Waals surface area contributed by atoms with Crippen LogP contribution < -0.4 is 0 Å². The van der Waals surface area contributed by atoms with E-state index < -0.39 is 0 Å². The van der Waals surface area contributed by atoms with Gasteiger partial charge in [-0.3, -0.25) is 4.98 Å². The molecule has 2 rings (SSSR count). The minimum absolute atomic E-state index is 1.06. The number of rotatable bonds is 5. The predicted octanol–water partition coefficient (Wildman–Crippen LogP) is 5.09. The molecular weight excluding hydrogens is 333 g/mol. The molecule has 0 unspecified atom stereocenters. The molecule has 0 saturated heterocycles. The van der Waals surface area contributed by atoms with Crippen LogP contribution in [0.15, 0.2) is 42.6 Å². The number of pyridine rings is 1. The second-order valence-electron chi connectivity index (χ2n) is 4.52. The number of aryl methyl sites for hydroxylation is 1. The number of halogens is 1. The van der Waals surface area contributed by atoms with Crippen LogP contribution in [-0.2, 0) is 6.42 Å². The standard InChI is InChI=1S/C16H18IN/c1-2-3-4-5-13-6-11-16(18-12-13)14-7-9-15(17)10-8-14/h6-12H,2-5H2,1H3. The molecule has 0 N–H and O–H groups in total. The molecule has 0 radical (unpaired) electrons. The maximum atomic E-state index is 4.55. The lowest BCUT2D eigenvalue weighted by Gasteiger charge is -2.04. The summed E-state index contributed by atoms with van der Waals surface area (Å²) in [6, 6.07) is 12.8. The Hall–Kier alpha value is -0.900. The Bertz CT molecular complexity index is 473. The van der Waals surface area contributed by atoms with Crippen molar-refractivity contribution in [1.29, 1.82) is 0 Å². The van der Waals surface area contributed by atoms with Gasteiger partial charge in [0.05, 0.1) is 5.69 Å². The average molecular weight is 351 g/mol. The van der Waals surface area contributed by atoms with Gasteiger partial charge < -0.3 is 0 Å². The van der Waals surface area contributed by atoms with Crippen LogP contribution >= 0.6 is 22.6 Å². The van der Waals surface area contributed by atoms with E-state index in [9.17, 15) is 0 Å². The summed E-state index contributed by atoms with van der Waals surface area (Å²) in [7, 11) is 0. The number of nitrogens with zero attached hydrogens (tertiary/aromatic N) is 1. The van der Waals surface area contributed by atoms with Gasteiger partial charge in [0.2, 0.25) is 0 Å². The molecule has 0 bridgehead atoms. The van der Waals surface area contributed by atoms with Crippen molar-refractivity contribution < 1.29 is 0 Å². The molecule has 2 heteroatoms. The Balaban J connectivity index is 2.05. The lowest BCUT2D eigenvalue weighted by molar-refractivity contribution is 0.716. The lowest BCUT2D eigenvalue weighted by Crippen LogP contribution is -1.89. The van der Waals surface area contributed by atoms with Gasteiger partial charge in [-0.25, -0.2) is 0 Å². The van der Waals surface area contributed by atoms with Gasteiger partial charge >= 0.3 is 0 Å². The molecular formula is C16H18IN. The highest BCUT2D eigenvalue weighted by Gasteiger charge is 1.99. The van der Waals surface area contributed by atoms with Crippen LogP contribution in [0.3, 0.4) is 0 Å². The first-order chi connectivity index (χ1) is 8.79. The molecule has 0 aliphatic heterocycles. The largest absolute Gasteiger partial charge is 0.256 e. The van der Waals surface area contributed by atoms with E-state index in [1.165, 1.54) is 34.0 Å². The zero-order valence-corrected chi connectivity index (χ0v) is 12.9. The van der Waals surface area contributed by atoms with Crippen molar-refractivity contribution in [2.24, 2.45) is 0 Å². The molecule has 1 aromatic heterocycles. The van der Waals surface area contributed by atoms with E-state index in [1.807, 2.05) is 6.20 Å². The van der Waals surface area contributed by atoms with Crippen molar-refractivity contribution in [2.45, 2.75) is 32.6 Å². The quantitative estimate of drug-likeness (QED) is 0.540. The molecule has 0 aliphatic carbocycles. The Kier molecular flexibility index (Phi) is 5.17. The second kappa shape index (κ2) is 6.88. The van der Waals surface area contributed by atoms with Crippen LogP contribution in [0.5, 0.6) is 0 Å². The zero-order valence-electron chi connectivity index (χ0n) is 10.7. The van der Waals surface area contributed by atoms with Crippen LogP contribution in [0.25, 0.3) is 11.3 Å². The first-order valence-electron chi connectivity index (χ1n) is 6.50. The molecule has 1 aromatic carbocycles. The van der Waals surface area contributed by atoms with E-state index in [2.05, 4.69) is 70.9 Å². The Morgan fingerprint density at radius 2 is 1.78 bits per heavy atom. The number of aromatic nitrogens is 1. The highest BCUT2D eigenvalue weighted by Crippen LogP contribution is 2.19. The van der Waals surface area contributed by atoms with E-state index in [0.717, 1.165) is 12.1 Å². The summed E-state index contributed by atoms with van der Waals surface area (Å²) in [6.07, 6.45) is 7.00. The van der Waals surface area contributed by atoms with Gasteiger partial charge in [-0.2, -0.15) is 0 Å².